The van der Waals surface area contributed by atoms with Gasteiger partial charge in [0, 0.05) is 16.1 Å². The number of hydrogen-bond acceptors (Lipinski definition) is 2. The predicted molar refractivity (Wildman–Crippen MR) is 78.0 cm³/mol. The van der Waals surface area contributed by atoms with Gasteiger partial charge in [-0.25, -0.2) is 4.39 Å². The fraction of sp³-hybridized carbons (Fsp3) is 0.200. The van der Waals surface area contributed by atoms with Gasteiger partial charge in [-0.05, 0) is 55.8 Å². The Morgan fingerprint density at radius 2 is 1.95 bits per heavy atom. The van der Waals surface area contributed by atoms with Crippen molar-refractivity contribution in [1.29, 1.82) is 0 Å². The summed E-state index contributed by atoms with van der Waals surface area (Å²) in [5.74, 6) is 0.971. The molecule has 0 fully saturated rings. The van der Waals surface area contributed by atoms with E-state index in [4.69, 9.17) is 10.5 Å². The van der Waals surface area contributed by atoms with Gasteiger partial charge in [-0.2, -0.15) is 0 Å². The maximum Gasteiger partial charge on any atom is 0.132 e. The molecule has 0 aliphatic heterocycles. The van der Waals surface area contributed by atoms with Crippen LogP contribution in [0.15, 0.2) is 40.9 Å². The third-order valence-electron chi connectivity index (χ3n) is 2.82. The molecule has 1 unspecified atom stereocenters. The summed E-state index contributed by atoms with van der Waals surface area (Å²) in [5.41, 5.74) is 7.56. The second kappa shape index (κ2) is 5.72. The molecule has 19 heavy (non-hydrogen) atoms. The molecule has 0 aromatic heterocycles. The number of ether oxygens (including phenoxy) is 1. The number of aryl methyl sites for hydroxylation is 1. The van der Waals surface area contributed by atoms with Crippen LogP contribution in [0.4, 0.5) is 4.39 Å². The molecule has 0 bridgehead atoms. The monoisotopic (exact) mass is 323 g/mol. The number of hydrogen-bond donors (Lipinski definition) is 1. The van der Waals surface area contributed by atoms with Gasteiger partial charge >= 0.3 is 0 Å². The Bertz CT molecular complexity index is 599. The number of rotatable bonds is 3. The van der Waals surface area contributed by atoms with Gasteiger partial charge in [-0.15, -0.1) is 0 Å². The van der Waals surface area contributed by atoms with Crippen molar-refractivity contribution < 1.29 is 9.13 Å². The quantitative estimate of drug-likeness (QED) is 0.887. The van der Waals surface area contributed by atoms with Crippen molar-refractivity contribution in [3.63, 3.8) is 0 Å². The van der Waals surface area contributed by atoms with Gasteiger partial charge in [0.2, 0.25) is 0 Å². The van der Waals surface area contributed by atoms with E-state index in [2.05, 4.69) is 15.9 Å². The van der Waals surface area contributed by atoms with Gasteiger partial charge in [0.25, 0.3) is 0 Å². The largest absolute Gasteiger partial charge is 0.457 e. The zero-order valence-electron chi connectivity index (χ0n) is 10.8. The zero-order chi connectivity index (χ0) is 14.0. The zero-order valence-corrected chi connectivity index (χ0v) is 12.4. The Morgan fingerprint density at radius 3 is 2.58 bits per heavy atom. The summed E-state index contributed by atoms with van der Waals surface area (Å²) < 4.78 is 20.1. The normalized spacial score (nSPS) is 12.3. The third-order valence-corrected chi connectivity index (χ3v) is 3.71. The van der Waals surface area contributed by atoms with E-state index in [1.165, 1.54) is 12.1 Å². The second-order valence-electron chi connectivity index (χ2n) is 4.48. The molecular formula is C15H15BrFNO. The first kappa shape index (κ1) is 14.0. The summed E-state index contributed by atoms with van der Waals surface area (Å²) in [6.45, 7) is 3.78. The molecule has 100 valence electrons. The van der Waals surface area contributed by atoms with Gasteiger partial charge in [0.15, 0.2) is 0 Å². The topological polar surface area (TPSA) is 35.2 Å². The summed E-state index contributed by atoms with van der Waals surface area (Å²) in [6, 6.07) is 9.77. The Hall–Kier alpha value is -1.39. The molecule has 0 radical (unpaired) electrons. The molecule has 0 aliphatic rings. The van der Waals surface area contributed by atoms with E-state index in [0.717, 1.165) is 10.0 Å². The summed E-state index contributed by atoms with van der Waals surface area (Å²) in [7, 11) is 0. The molecular weight excluding hydrogens is 309 g/mol. The van der Waals surface area contributed by atoms with Crippen LogP contribution in [0.3, 0.4) is 0 Å². The molecule has 0 saturated carbocycles. The Balaban J connectivity index is 2.35. The van der Waals surface area contributed by atoms with E-state index in [1.807, 2.05) is 25.1 Å². The smallest absolute Gasteiger partial charge is 0.132 e. The summed E-state index contributed by atoms with van der Waals surface area (Å²) in [4.78, 5) is 0. The molecule has 0 amide bonds. The maximum atomic E-state index is 13.2. The van der Waals surface area contributed by atoms with Crippen LogP contribution in [-0.2, 0) is 0 Å². The van der Waals surface area contributed by atoms with Gasteiger partial charge in [0.05, 0.1) is 0 Å². The highest BCUT2D eigenvalue weighted by Crippen LogP contribution is 2.31. The van der Waals surface area contributed by atoms with Crippen molar-refractivity contribution >= 4 is 15.9 Å². The highest BCUT2D eigenvalue weighted by Gasteiger charge is 2.11. The molecule has 0 heterocycles. The average molecular weight is 324 g/mol. The Labute approximate surface area is 120 Å². The maximum absolute atomic E-state index is 13.2. The van der Waals surface area contributed by atoms with Crippen molar-refractivity contribution in [3.8, 4) is 11.5 Å². The molecule has 2 aromatic carbocycles. The average Bonchev–Trinajstić information content (AvgIpc) is 2.36. The molecule has 0 saturated heterocycles. The molecule has 0 spiro atoms. The number of nitrogens with two attached hydrogens (primary N) is 1. The van der Waals surface area contributed by atoms with E-state index in [1.54, 1.807) is 13.0 Å². The van der Waals surface area contributed by atoms with E-state index in [-0.39, 0.29) is 11.9 Å². The van der Waals surface area contributed by atoms with Gasteiger partial charge in [0.1, 0.15) is 17.3 Å². The third kappa shape index (κ3) is 3.33. The van der Waals surface area contributed by atoms with Crippen molar-refractivity contribution in [2.45, 2.75) is 19.9 Å². The first-order chi connectivity index (χ1) is 8.97. The molecule has 2 N–H and O–H groups in total. The van der Waals surface area contributed by atoms with Gasteiger partial charge in [-0.3, -0.25) is 0 Å². The van der Waals surface area contributed by atoms with E-state index >= 15 is 0 Å². The van der Waals surface area contributed by atoms with Crippen molar-refractivity contribution in [1.82, 2.24) is 0 Å². The molecule has 0 aliphatic carbocycles. The van der Waals surface area contributed by atoms with Crippen LogP contribution in [0.5, 0.6) is 11.5 Å². The SMILES string of the molecule is Cc1cc(Oc2ccc(F)cc2C(C)N)ccc1Br. The lowest BCUT2D eigenvalue weighted by Crippen LogP contribution is -2.07. The predicted octanol–water partition coefficient (Wildman–Crippen LogP) is 4.71. The van der Waals surface area contributed by atoms with Crippen LogP contribution in [0.1, 0.15) is 24.1 Å². The van der Waals surface area contributed by atoms with Crippen LogP contribution in [0, 0.1) is 12.7 Å². The van der Waals surface area contributed by atoms with E-state index in [9.17, 15) is 4.39 Å². The van der Waals surface area contributed by atoms with Gasteiger partial charge in [-0.1, -0.05) is 15.9 Å². The summed E-state index contributed by atoms with van der Waals surface area (Å²) in [6.07, 6.45) is 0. The van der Waals surface area contributed by atoms with Crippen LogP contribution in [0.2, 0.25) is 0 Å². The number of halogens is 2. The molecule has 2 aromatic rings. The fourth-order valence-electron chi connectivity index (χ4n) is 1.78. The Kier molecular flexibility index (Phi) is 4.22. The Morgan fingerprint density at radius 1 is 1.21 bits per heavy atom. The van der Waals surface area contributed by atoms with Crippen molar-refractivity contribution in [2.75, 3.05) is 0 Å². The van der Waals surface area contributed by atoms with Crippen LogP contribution >= 0.6 is 15.9 Å². The fourth-order valence-corrected chi connectivity index (χ4v) is 2.02. The molecule has 4 heteroatoms. The minimum absolute atomic E-state index is 0.290. The van der Waals surface area contributed by atoms with Crippen molar-refractivity contribution in [2.24, 2.45) is 5.73 Å². The lowest BCUT2D eigenvalue weighted by molar-refractivity contribution is 0.468. The van der Waals surface area contributed by atoms with Gasteiger partial charge < -0.3 is 10.5 Å². The van der Waals surface area contributed by atoms with E-state index < -0.39 is 0 Å². The van der Waals surface area contributed by atoms with Crippen molar-refractivity contribution in [3.05, 3.63) is 57.8 Å². The van der Waals surface area contributed by atoms with E-state index in [0.29, 0.717) is 17.1 Å². The first-order valence-corrected chi connectivity index (χ1v) is 6.75. The standard InChI is InChI=1S/C15H15BrFNO/c1-9-7-12(4-5-14(9)16)19-15-6-3-11(17)8-13(15)10(2)18/h3-8,10H,18H2,1-2H3. The molecule has 1 atom stereocenters. The second-order valence-corrected chi connectivity index (χ2v) is 5.34. The minimum atomic E-state index is -0.313. The molecule has 2 nitrogen and oxygen atoms in total. The minimum Gasteiger partial charge on any atom is -0.457 e. The van der Waals surface area contributed by atoms with Crippen LogP contribution < -0.4 is 10.5 Å². The first-order valence-electron chi connectivity index (χ1n) is 5.96. The van der Waals surface area contributed by atoms with Crippen LogP contribution in [0.25, 0.3) is 0 Å². The lowest BCUT2D eigenvalue weighted by atomic mass is 10.1. The summed E-state index contributed by atoms with van der Waals surface area (Å²) >= 11 is 3.44. The highest BCUT2D eigenvalue weighted by molar-refractivity contribution is 9.10. The summed E-state index contributed by atoms with van der Waals surface area (Å²) in [5, 5.41) is 0. The number of benzene rings is 2. The molecule has 2 rings (SSSR count). The van der Waals surface area contributed by atoms with Crippen LogP contribution in [-0.4, -0.2) is 0 Å². The lowest BCUT2D eigenvalue weighted by Gasteiger charge is -2.14. The highest BCUT2D eigenvalue weighted by atomic mass is 79.9.